The van der Waals surface area contributed by atoms with Gasteiger partial charge in [-0.25, -0.2) is 4.98 Å². The third kappa shape index (κ3) is 1.53. The van der Waals surface area contributed by atoms with E-state index in [1.807, 2.05) is 25.2 Å². The van der Waals surface area contributed by atoms with E-state index in [4.69, 9.17) is 5.73 Å². The molecule has 4 heteroatoms. The van der Waals surface area contributed by atoms with E-state index < -0.39 is 0 Å². The zero-order valence-corrected chi connectivity index (χ0v) is 9.14. The van der Waals surface area contributed by atoms with Crippen LogP contribution in [0, 0.1) is 0 Å². The number of benzene rings is 1. The van der Waals surface area contributed by atoms with Crippen molar-refractivity contribution >= 4 is 32.4 Å². The van der Waals surface area contributed by atoms with Crippen LogP contribution in [0.4, 0.5) is 10.8 Å². The van der Waals surface area contributed by atoms with Crippen LogP contribution >= 0.6 is 11.3 Å². The van der Waals surface area contributed by atoms with Gasteiger partial charge in [-0.1, -0.05) is 11.3 Å². The molecule has 0 aliphatic heterocycles. The third-order valence-electron chi connectivity index (χ3n) is 2.20. The van der Waals surface area contributed by atoms with Crippen LogP contribution in [0.15, 0.2) is 18.2 Å². The molecule has 0 bridgehead atoms. The lowest BCUT2D eigenvalue weighted by atomic mass is 10.3. The Balaban J connectivity index is 2.51. The maximum atomic E-state index is 5.71. The molecule has 0 unspecified atom stereocenters. The summed E-state index contributed by atoms with van der Waals surface area (Å²) in [4.78, 5) is 6.64. The van der Waals surface area contributed by atoms with E-state index in [9.17, 15) is 0 Å². The highest BCUT2D eigenvalue weighted by molar-refractivity contribution is 7.22. The van der Waals surface area contributed by atoms with Gasteiger partial charge in [-0.15, -0.1) is 0 Å². The first-order valence-electron chi connectivity index (χ1n) is 4.58. The molecule has 0 aliphatic carbocycles. The van der Waals surface area contributed by atoms with Crippen LogP contribution in [0.3, 0.4) is 0 Å². The van der Waals surface area contributed by atoms with Crippen molar-refractivity contribution in [2.24, 2.45) is 0 Å². The predicted octanol–water partition coefficient (Wildman–Crippen LogP) is 2.33. The highest BCUT2D eigenvalue weighted by Crippen LogP contribution is 2.29. The summed E-state index contributed by atoms with van der Waals surface area (Å²) in [6, 6.07) is 5.83. The second kappa shape index (κ2) is 3.46. The number of nitrogens with zero attached hydrogens (tertiary/aromatic N) is 2. The van der Waals surface area contributed by atoms with Gasteiger partial charge < -0.3 is 10.6 Å². The van der Waals surface area contributed by atoms with Gasteiger partial charge >= 0.3 is 0 Å². The largest absolute Gasteiger partial charge is 0.399 e. The summed E-state index contributed by atoms with van der Waals surface area (Å²) in [6.45, 7) is 3.08. The molecule has 0 aliphatic rings. The van der Waals surface area contributed by atoms with Crippen LogP contribution in [-0.4, -0.2) is 18.6 Å². The first-order valence-corrected chi connectivity index (χ1v) is 5.39. The molecule has 14 heavy (non-hydrogen) atoms. The van der Waals surface area contributed by atoms with E-state index >= 15 is 0 Å². The van der Waals surface area contributed by atoms with E-state index in [2.05, 4.69) is 16.8 Å². The average molecular weight is 207 g/mol. The SMILES string of the molecule is CCN(C)c1nc2ccc(N)cc2s1. The molecule has 0 spiro atoms. The number of fused-ring (bicyclic) bond motifs is 1. The van der Waals surface area contributed by atoms with Gasteiger partial charge in [0.25, 0.3) is 0 Å². The Kier molecular flexibility index (Phi) is 2.29. The second-order valence-corrected chi connectivity index (χ2v) is 4.25. The molecular weight excluding hydrogens is 194 g/mol. The Morgan fingerprint density at radius 2 is 2.29 bits per heavy atom. The Hall–Kier alpha value is -1.29. The van der Waals surface area contributed by atoms with Crippen LogP contribution < -0.4 is 10.6 Å². The molecule has 0 saturated carbocycles. The maximum Gasteiger partial charge on any atom is 0.186 e. The predicted molar refractivity (Wildman–Crippen MR) is 63.0 cm³/mol. The number of nitrogens with two attached hydrogens (primary N) is 1. The first kappa shape index (κ1) is 9.27. The molecule has 1 aromatic carbocycles. The number of nitrogen functional groups attached to an aromatic ring is 1. The molecule has 0 fully saturated rings. The van der Waals surface area contributed by atoms with Crippen LogP contribution in [0.2, 0.25) is 0 Å². The van der Waals surface area contributed by atoms with Crippen molar-refractivity contribution in [3.63, 3.8) is 0 Å². The Labute approximate surface area is 87.2 Å². The van der Waals surface area contributed by atoms with Gasteiger partial charge in [0.05, 0.1) is 10.2 Å². The van der Waals surface area contributed by atoms with Gasteiger partial charge in [0.15, 0.2) is 5.13 Å². The smallest absolute Gasteiger partial charge is 0.186 e. The molecule has 3 nitrogen and oxygen atoms in total. The molecular formula is C10H13N3S. The minimum absolute atomic E-state index is 0.798. The second-order valence-electron chi connectivity index (χ2n) is 3.24. The molecule has 1 aromatic heterocycles. The minimum atomic E-state index is 0.798. The van der Waals surface area contributed by atoms with Crippen molar-refractivity contribution in [2.75, 3.05) is 24.2 Å². The zero-order valence-electron chi connectivity index (χ0n) is 8.32. The van der Waals surface area contributed by atoms with Gasteiger partial charge in [0.1, 0.15) is 0 Å². The topological polar surface area (TPSA) is 42.2 Å². The maximum absolute atomic E-state index is 5.71. The lowest BCUT2D eigenvalue weighted by Gasteiger charge is -2.10. The molecule has 0 amide bonds. The number of hydrogen-bond acceptors (Lipinski definition) is 4. The van der Waals surface area contributed by atoms with Gasteiger partial charge in [0.2, 0.25) is 0 Å². The Morgan fingerprint density at radius 3 is 3.00 bits per heavy atom. The van der Waals surface area contributed by atoms with Crippen LogP contribution in [0.5, 0.6) is 0 Å². The summed E-state index contributed by atoms with van der Waals surface area (Å²) in [5.41, 5.74) is 7.53. The number of anilines is 2. The van der Waals surface area contributed by atoms with Gasteiger partial charge in [-0.2, -0.15) is 0 Å². The standard InChI is InChI=1S/C10H13N3S/c1-3-13(2)10-12-8-5-4-7(11)6-9(8)14-10/h4-6H,3,11H2,1-2H3. The number of hydrogen-bond donors (Lipinski definition) is 1. The number of rotatable bonds is 2. The van der Waals surface area contributed by atoms with E-state index in [1.165, 1.54) is 0 Å². The van der Waals surface area contributed by atoms with Crippen molar-refractivity contribution in [3.8, 4) is 0 Å². The highest BCUT2D eigenvalue weighted by Gasteiger charge is 2.06. The molecule has 1 heterocycles. The number of aromatic nitrogens is 1. The molecule has 2 N–H and O–H groups in total. The van der Waals surface area contributed by atoms with Crippen LogP contribution in [-0.2, 0) is 0 Å². The monoisotopic (exact) mass is 207 g/mol. The highest BCUT2D eigenvalue weighted by atomic mass is 32.1. The van der Waals surface area contributed by atoms with E-state index in [0.717, 1.165) is 27.6 Å². The summed E-state index contributed by atoms with van der Waals surface area (Å²) < 4.78 is 1.15. The lowest BCUT2D eigenvalue weighted by molar-refractivity contribution is 0.961. The van der Waals surface area contributed by atoms with Crippen molar-refractivity contribution in [3.05, 3.63) is 18.2 Å². The summed E-state index contributed by atoms with van der Waals surface area (Å²) in [7, 11) is 2.04. The summed E-state index contributed by atoms with van der Waals surface area (Å²) in [5, 5.41) is 1.05. The molecule has 2 aromatic rings. The van der Waals surface area contributed by atoms with Crippen molar-refractivity contribution in [1.29, 1.82) is 0 Å². The van der Waals surface area contributed by atoms with E-state index in [-0.39, 0.29) is 0 Å². The average Bonchev–Trinajstić information content (AvgIpc) is 2.59. The fourth-order valence-electron chi connectivity index (χ4n) is 1.23. The summed E-state index contributed by atoms with van der Waals surface area (Å²) in [6.07, 6.45) is 0. The summed E-state index contributed by atoms with van der Waals surface area (Å²) >= 11 is 1.68. The molecule has 2 rings (SSSR count). The summed E-state index contributed by atoms with van der Waals surface area (Å²) in [5.74, 6) is 0. The molecule has 0 atom stereocenters. The molecule has 0 saturated heterocycles. The van der Waals surface area contributed by atoms with Gasteiger partial charge in [-0.05, 0) is 25.1 Å². The first-order chi connectivity index (χ1) is 6.70. The normalized spacial score (nSPS) is 10.7. The third-order valence-corrected chi connectivity index (χ3v) is 3.33. The van der Waals surface area contributed by atoms with E-state index in [0.29, 0.717) is 0 Å². The molecule has 74 valence electrons. The van der Waals surface area contributed by atoms with Crippen molar-refractivity contribution in [2.45, 2.75) is 6.92 Å². The zero-order chi connectivity index (χ0) is 10.1. The van der Waals surface area contributed by atoms with Crippen molar-refractivity contribution in [1.82, 2.24) is 4.98 Å². The fraction of sp³-hybridized carbons (Fsp3) is 0.300. The minimum Gasteiger partial charge on any atom is -0.399 e. The lowest BCUT2D eigenvalue weighted by Crippen LogP contribution is -2.14. The van der Waals surface area contributed by atoms with Crippen LogP contribution in [0.1, 0.15) is 6.92 Å². The number of thiazole rings is 1. The van der Waals surface area contributed by atoms with E-state index in [1.54, 1.807) is 11.3 Å². The van der Waals surface area contributed by atoms with Crippen molar-refractivity contribution < 1.29 is 0 Å². The molecule has 0 radical (unpaired) electrons. The van der Waals surface area contributed by atoms with Crippen LogP contribution in [0.25, 0.3) is 10.2 Å². The Morgan fingerprint density at radius 1 is 1.50 bits per heavy atom. The van der Waals surface area contributed by atoms with Gasteiger partial charge in [-0.3, -0.25) is 0 Å². The fourth-order valence-corrected chi connectivity index (χ4v) is 2.27. The Bertz CT molecular complexity index is 450. The quantitative estimate of drug-likeness (QED) is 0.768. The van der Waals surface area contributed by atoms with Gasteiger partial charge in [0, 0.05) is 19.3 Å².